The molecule has 0 saturated heterocycles. The predicted molar refractivity (Wildman–Crippen MR) is 49.5 cm³/mol. The van der Waals surface area contributed by atoms with E-state index in [-0.39, 0.29) is 0 Å². The Morgan fingerprint density at radius 1 is 1.40 bits per heavy atom. The molecular weight excluding hydrogens is 227 g/mol. The van der Waals surface area contributed by atoms with Gasteiger partial charge in [-0.2, -0.15) is 0 Å². The molecular formula is C9H16Sn. The third-order valence-corrected chi connectivity index (χ3v) is 11.6. The van der Waals surface area contributed by atoms with Crippen LogP contribution in [0.4, 0.5) is 0 Å². The zero-order chi connectivity index (χ0) is 7.99. The molecule has 1 heteroatoms. The average molecular weight is 243 g/mol. The van der Waals surface area contributed by atoms with Crippen molar-refractivity contribution in [1.82, 2.24) is 0 Å². The van der Waals surface area contributed by atoms with Gasteiger partial charge in [0, 0.05) is 0 Å². The van der Waals surface area contributed by atoms with E-state index in [4.69, 9.17) is 0 Å². The molecule has 0 N–H and O–H groups in total. The van der Waals surface area contributed by atoms with Gasteiger partial charge in [-0.25, -0.2) is 0 Å². The van der Waals surface area contributed by atoms with Crippen LogP contribution in [0.15, 0.2) is 20.3 Å². The first-order valence-electron chi connectivity index (χ1n) is 3.76. The fourth-order valence-corrected chi connectivity index (χ4v) is 9.38. The van der Waals surface area contributed by atoms with E-state index in [0.29, 0.717) is 5.41 Å². The zero-order valence-corrected chi connectivity index (χ0v) is 10.2. The molecule has 0 nitrogen and oxygen atoms in total. The van der Waals surface area contributed by atoms with Gasteiger partial charge in [0.05, 0.1) is 0 Å². The van der Waals surface area contributed by atoms with Crippen molar-refractivity contribution in [3.63, 3.8) is 0 Å². The van der Waals surface area contributed by atoms with Gasteiger partial charge in [0.25, 0.3) is 0 Å². The summed E-state index contributed by atoms with van der Waals surface area (Å²) in [7, 11) is 0. The Bertz CT molecular complexity index is 177. The van der Waals surface area contributed by atoms with Crippen molar-refractivity contribution < 1.29 is 0 Å². The van der Waals surface area contributed by atoms with E-state index < -0.39 is 18.4 Å². The minimum atomic E-state index is -1.85. The van der Waals surface area contributed by atoms with Gasteiger partial charge in [0.15, 0.2) is 0 Å². The van der Waals surface area contributed by atoms with Crippen LogP contribution >= 0.6 is 0 Å². The second-order valence-corrected chi connectivity index (χ2v) is 16.8. The van der Waals surface area contributed by atoms with Crippen molar-refractivity contribution in [1.29, 1.82) is 0 Å². The van der Waals surface area contributed by atoms with Crippen LogP contribution in [0.2, 0.25) is 9.88 Å². The predicted octanol–water partition coefficient (Wildman–Crippen LogP) is 2.93. The molecule has 0 aromatic heterocycles. The summed E-state index contributed by atoms with van der Waals surface area (Å²) in [5.41, 5.74) is 0.305. The van der Waals surface area contributed by atoms with Crippen LogP contribution in [0.3, 0.4) is 0 Å². The van der Waals surface area contributed by atoms with Crippen LogP contribution in [0.1, 0.15) is 13.8 Å². The van der Waals surface area contributed by atoms with Gasteiger partial charge >= 0.3 is 67.9 Å². The van der Waals surface area contributed by atoms with E-state index >= 15 is 0 Å². The standard InChI is InChI=1S/C7H10.2CH3.Sn/c1-5-7(3,4)6-2;;;/h1,5H,2H2,3-4H3;2*1H3;. The molecule has 0 radical (unpaired) electrons. The van der Waals surface area contributed by atoms with E-state index in [1.165, 1.54) is 3.59 Å². The van der Waals surface area contributed by atoms with Gasteiger partial charge in [-0.3, -0.25) is 0 Å². The van der Waals surface area contributed by atoms with E-state index in [2.05, 4.69) is 40.5 Å². The Labute approximate surface area is 67.9 Å². The second kappa shape index (κ2) is 2.13. The summed E-state index contributed by atoms with van der Waals surface area (Å²) in [5.74, 6) is 0. The average Bonchev–Trinajstić information content (AvgIpc) is 1.95. The zero-order valence-electron chi connectivity index (χ0n) is 7.36. The first kappa shape index (κ1) is 8.38. The molecule has 0 unspecified atom stereocenters. The maximum atomic E-state index is 4.19. The quantitative estimate of drug-likeness (QED) is 0.573. The molecule has 0 aliphatic carbocycles. The molecule has 0 atom stereocenters. The minimum absolute atomic E-state index is 0.305. The van der Waals surface area contributed by atoms with Crippen molar-refractivity contribution >= 4 is 18.4 Å². The normalized spacial score (nSPS) is 27.4. The first-order chi connectivity index (χ1) is 4.36. The molecule has 10 heavy (non-hydrogen) atoms. The summed E-state index contributed by atoms with van der Waals surface area (Å²) in [5, 5.41) is 0. The Morgan fingerprint density at radius 3 is 2.00 bits per heavy atom. The third-order valence-electron chi connectivity index (χ3n) is 2.47. The molecule has 0 amide bonds. The number of rotatable bonds is 0. The molecule has 0 fully saturated rings. The van der Waals surface area contributed by atoms with Gasteiger partial charge in [-0.15, -0.1) is 0 Å². The van der Waals surface area contributed by atoms with Crippen molar-refractivity contribution in [2.45, 2.75) is 23.7 Å². The van der Waals surface area contributed by atoms with E-state index in [1.54, 1.807) is 0 Å². The molecule has 56 valence electrons. The summed E-state index contributed by atoms with van der Waals surface area (Å²) >= 11 is -1.85. The molecule has 1 aliphatic heterocycles. The fourth-order valence-electron chi connectivity index (χ4n) is 1.45. The molecule has 0 aromatic carbocycles. The van der Waals surface area contributed by atoms with Crippen molar-refractivity contribution in [3.8, 4) is 0 Å². The topological polar surface area (TPSA) is 0 Å². The Balaban J connectivity index is 3.00. The van der Waals surface area contributed by atoms with Crippen LogP contribution < -0.4 is 0 Å². The third kappa shape index (κ3) is 1.18. The van der Waals surface area contributed by atoms with Gasteiger partial charge in [0.2, 0.25) is 0 Å². The van der Waals surface area contributed by atoms with Crippen molar-refractivity contribution in [3.05, 3.63) is 20.3 Å². The summed E-state index contributed by atoms with van der Waals surface area (Å²) < 4.78 is 3.98. The van der Waals surface area contributed by atoms with E-state index in [9.17, 15) is 0 Å². The Hall–Kier alpha value is 0.279. The van der Waals surface area contributed by atoms with Gasteiger partial charge in [0.1, 0.15) is 0 Å². The van der Waals surface area contributed by atoms with Crippen molar-refractivity contribution in [2.75, 3.05) is 0 Å². The summed E-state index contributed by atoms with van der Waals surface area (Å²) in [6, 6.07) is 0. The van der Waals surface area contributed by atoms with E-state index in [1.807, 2.05) is 0 Å². The molecule has 1 heterocycles. The Morgan fingerprint density at radius 2 is 1.90 bits per heavy atom. The molecule has 1 rings (SSSR count). The number of allylic oxidation sites excluding steroid dienone is 2. The van der Waals surface area contributed by atoms with Gasteiger partial charge in [-0.1, -0.05) is 0 Å². The van der Waals surface area contributed by atoms with Crippen LogP contribution in [-0.4, -0.2) is 18.4 Å². The van der Waals surface area contributed by atoms with Gasteiger partial charge in [-0.05, 0) is 0 Å². The maximum absolute atomic E-state index is 4.19. The SMILES string of the molecule is C=[C]1C(C)(C)C=[CH][Sn]1([CH3])[CH3]. The number of hydrogen-bond acceptors (Lipinski definition) is 0. The van der Waals surface area contributed by atoms with Crippen LogP contribution in [0, 0.1) is 5.41 Å². The van der Waals surface area contributed by atoms with Gasteiger partial charge < -0.3 is 0 Å². The summed E-state index contributed by atoms with van der Waals surface area (Å²) in [6.07, 6.45) is 2.34. The fraction of sp³-hybridized carbons (Fsp3) is 0.556. The first-order valence-corrected chi connectivity index (χ1v) is 12.5. The molecule has 0 saturated carbocycles. The second-order valence-electron chi connectivity index (χ2n) is 4.26. The summed E-state index contributed by atoms with van der Waals surface area (Å²) in [6.45, 7) is 8.71. The van der Waals surface area contributed by atoms with Crippen LogP contribution in [0.25, 0.3) is 0 Å². The molecule has 0 aromatic rings. The molecule has 1 aliphatic rings. The molecule has 0 bridgehead atoms. The monoisotopic (exact) mass is 244 g/mol. The Kier molecular flexibility index (Phi) is 1.78. The van der Waals surface area contributed by atoms with E-state index in [0.717, 1.165) is 0 Å². The number of hydrogen-bond donors (Lipinski definition) is 0. The molecule has 0 spiro atoms. The summed E-state index contributed by atoms with van der Waals surface area (Å²) in [4.78, 5) is 4.84. The van der Waals surface area contributed by atoms with Crippen LogP contribution in [-0.2, 0) is 0 Å². The van der Waals surface area contributed by atoms with Crippen LogP contribution in [0.5, 0.6) is 0 Å². The van der Waals surface area contributed by atoms with Crippen molar-refractivity contribution in [2.24, 2.45) is 5.41 Å².